The normalized spacial score (nSPS) is 22.7. The van der Waals surface area contributed by atoms with Gasteiger partial charge in [-0.05, 0) is 12.8 Å². The fourth-order valence-electron chi connectivity index (χ4n) is 1.85. The van der Waals surface area contributed by atoms with Crippen LogP contribution in [-0.2, 0) is 19.6 Å². The van der Waals surface area contributed by atoms with Crippen LogP contribution < -0.4 is 5.32 Å². The molecule has 1 fully saturated rings. The lowest BCUT2D eigenvalue weighted by atomic mass is 10.2. The Kier molecular flexibility index (Phi) is 4.65. The van der Waals surface area contributed by atoms with Gasteiger partial charge in [0.25, 0.3) is 0 Å². The third-order valence-electron chi connectivity index (χ3n) is 2.73. The van der Waals surface area contributed by atoms with E-state index in [1.807, 2.05) is 0 Å². The lowest BCUT2D eigenvalue weighted by Gasteiger charge is -2.22. The molecule has 1 aliphatic heterocycles. The summed E-state index contributed by atoms with van der Waals surface area (Å²) in [6.07, 6.45) is 1.89. The Labute approximate surface area is 105 Å². The van der Waals surface area contributed by atoms with Crippen molar-refractivity contribution in [2.24, 2.45) is 0 Å². The molecule has 0 aromatic rings. The maximum atomic E-state index is 11.8. The number of carboxylic acid groups (broad SMARTS) is 1. The van der Waals surface area contributed by atoms with Gasteiger partial charge in [-0.3, -0.25) is 4.79 Å². The van der Waals surface area contributed by atoms with Crippen molar-refractivity contribution in [3.63, 3.8) is 0 Å². The Bertz CT molecular complexity index is 434. The average Bonchev–Trinajstić information content (AvgIpc) is 2.73. The van der Waals surface area contributed by atoms with E-state index in [0.717, 1.165) is 10.6 Å². The Morgan fingerprint density at radius 2 is 2.11 bits per heavy atom. The van der Waals surface area contributed by atoms with Crippen molar-refractivity contribution >= 4 is 21.9 Å². The number of rotatable bonds is 5. The molecule has 0 aromatic carbocycles. The first-order valence-corrected chi connectivity index (χ1v) is 7.23. The molecule has 8 nitrogen and oxygen atoms in total. The molecule has 104 valence electrons. The van der Waals surface area contributed by atoms with Crippen molar-refractivity contribution in [2.75, 3.05) is 19.4 Å². The maximum Gasteiger partial charge on any atom is 0.328 e. The second-order valence-corrected chi connectivity index (χ2v) is 6.05. The number of carbonyl (C=O) groups excluding carboxylic acids is 1. The number of aliphatic carboxylic acids is 1. The summed E-state index contributed by atoms with van der Waals surface area (Å²) in [4.78, 5) is 22.4. The Balaban J connectivity index is 2.75. The minimum Gasteiger partial charge on any atom is -0.480 e. The van der Waals surface area contributed by atoms with E-state index in [1.165, 1.54) is 0 Å². The lowest BCUT2D eigenvalue weighted by molar-refractivity contribution is -0.143. The molecule has 2 atom stereocenters. The van der Waals surface area contributed by atoms with Crippen molar-refractivity contribution in [2.45, 2.75) is 24.9 Å². The number of nitrogens with one attached hydrogen (secondary N) is 1. The molecule has 0 aliphatic carbocycles. The summed E-state index contributed by atoms with van der Waals surface area (Å²) < 4.78 is 23.9. The highest BCUT2D eigenvalue weighted by Crippen LogP contribution is 2.20. The molecule has 1 heterocycles. The fourth-order valence-corrected chi connectivity index (χ4v) is 2.98. The molecule has 3 N–H and O–H groups in total. The number of aliphatic hydroxyl groups excluding tert-OH is 1. The van der Waals surface area contributed by atoms with Crippen LogP contribution in [0.25, 0.3) is 0 Å². The number of hydrogen-bond acceptors (Lipinski definition) is 5. The van der Waals surface area contributed by atoms with Gasteiger partial charge >= 0.3 is 5.97 Å². The smallest absolute Gasteiger partial charge is 0.328 e. The van der Waals surface area contributed by atoms with Crippen LogP contribution in [0.5, 0.6) is 0 Å². The van der Waals surface area contributed by atoms with Crippen LogP contribution >= 0.6 is 0 Å². The number of sulfonamides is 1. The van der Waals surface area contributed by atoms with Crippen LogP contribution in [0.2, 0.25) is 0 Å². The van der Waals surface area contributed by atoms with Crippen LogP contribution in [0, 0.1) is 0 Å². The van der Waals surface area contributed by atoms with Gasteiger partial charge in [-0.1, -0.05) is 0 Å². The van der Waals surface area contributed by atoms with Gasteiger partial charge in [-0.2, -0.15) is 4.31 Å². The quantitative estimate of drug-likeness (QED) is 0.533. The summed E-state index contributed by atoms with van der Waals surface area (Å²) in [6, 6.07) is -2.31. The third kappa shape index (κ3) is 3.40. The number of amides is 1. The van der Waals surface area contributed by atoms with Crippen molar-refractivity contribution in [3.8, 4) is 0 Å². The first-order chi connectivity index (χ1) is 8.27. The first kappa shape index (κ1) is 14.9. The topological polar surface area (TPSA) is 124 Å². The predicted octanol–water partition coefficient (Wildman–Crippen LogP) is -2.03. The van der Waals surface area contributed by atoms with Gasteiger partial charge in [0.15, 0.2) is 0 Å². The zero-order valence-corrected chi connectivity index (χ0v) is 10.7. The van der Waals surface area contributed by atoms with Gasteiger partial charge in [0, 0.05) is 6.54 Å². The summed E-state index contributed by atoms with van der Waals surface area (Å²) in [6.45, 7) is -0.500. The number of hydrogen-bond donors (Lipinski definition) is 3. The monoisotopic (exact) mass is 280 g/mol. The van der Waals surface area contributed by atoms with Crippen LogP contribution in [-0.4, -0.2) is 66.3 Å². The minimum atomic E-state index is -3.50. The second kappa shape index (κ2) is 5.63. The zero-order valence-electron chi connectivity index (χ0n) is 9.87. The molecule has 1 rings (SSSR count). The van der Waals surface area contributed by atoms with Crippen LogP contribution in [0.4, 0.5) is 0 Å². The maximum absolute atomic E-state index is 11.8. The van der Waals surface area contributed by atoms with E-state index in [2.05, 4.69) is 5.32 Å². The van der Waals surface area contributed by atoms with Crippen LogP contribution in [0.1, 0.15) is 12.8 Å². The highest BCUT2D eigenvalue weighted by atomic mass is 32.2. The van der Waals surface area contributed by atoms with Gasteiger partial charge in [0.2, 0.25) is 15.9 Å². The van der Waals surface area contributed by atoms with E-state index in [-0.39, 0.29) is 6.54 Å². The summed E-state index contributed by atoms with van der Waals surface area (Å²) in [5.74, 6) is -2.06. The molecule has 0 saturated carbocycles. The molecule has 18 heavy (non-hydrogen) atoms. The largest absolute Gasteiger partial charge is 0.480 e. The van der Waals surface area contributed by atoms with E-state index in [1.54, 1.807) is 0 Å². The number of aliphatic hydroxyl groups is 1. The van der Waals surface area contributed by atoms with Gasteiger partial charge < -0.3 is 15.5 Å². The minimum absolute atomic E-state index is 0.244. The molecule has 1 unspecified atom stereocenters. The SMILES string of the molecule is CS(=O)(=O)N1CCCC1C(=O)N[C@H](CO)C(=O)O. The second-order valence-electron chi connectivity index (χ2n) is 4.11. The Morgan fingerprint density at radius 1 is 1.50 bits per heavy atom. The van der Waals surface area contributed by atoms with E-state index < -0.39 is 40.6 Å². The summed E-state index contributed by atoms with van der Waals surface area (Å²) in [5.41, 5.74) is 0. The fraction of sp³-hybridized carbons (Fsp3) is 0.778. The van der Waals surface area contributed by atoms with Crippen molar-refractivity contribution in [3.05, 3.63) is 0 Å². The number of carboxylic acids is 1. The van der Waals surface area contributed by atoms with Crippen LogP contribution in [0.3, 0.4) is 0 Å². The highest BCUT2D eigenvalue weighted by molar-refractivity contribution is 7.88. The molecule has 0 spiro atoms. The molecule has 1 aliphatic rings. The molecule has 0 bridgehead atoms. The lowest BCUT2D eigenvalue weighted by Crippen LogP contribution is -2.51. The van der Waals surface area contributed by atoms with Gasteiger partial charge in [0.05, 0.1) is 12.9 Å². The molecule has 1 amide bonds. The highest BCUT2D eigenvalue weighted by Gasteiger charge is 2.37. The predicted molar refractivity (Wildman–Crippen MR) is 61.2 cm³/mol. The van der Waals surface area contributed by atoms with Crippen LogP contribution in [0.15, 0.2) is 0 Å². The van der Waals surface area contributed by atoms with Crippen molar-refractivity contribution < 1.29 is 28.2 Å². The van der Waals surface area contributed by atoms with E-state index in [9.17, 15) is 18.0 Å². The molecule has 9 heteroatoms. The molecular weight excluding hydrogens is 264 g/mol. The van der Waals surface area contributed by atoms with Crippen molar-refractivity contribution in [1.29, 1.82) is 0 Å². The first-order valence-electron chi connectivity index (χ1n) is 5.38. The van der Waals surface area contributed by atoms with Gasteiger partial charge in [-0.15, -0.1) is 0 Å². The Hall–Kier alpha value is -1.19. The number of nitrogens with zero attached hydrogens (tertiary/aromatic N) is 1. The van der Waals surface area contributed by atoms with E-state index in [4.69, 9.17) is 10.2 Å². The summed E-state index contributed by atoms with van der Waals surface area (Å²) in [7, 11) is -3.50. The van der Waals surface area contributed by atoms with E-state index >= 15 is 0 Å². The van der Waals surface area contributed by atoms with E-state index in [0.29, 0.717) is 12.8 Å². The van der Waals surface area contributed by atoms with Gasteiger partial charge in [0.1, 0.15) is 12.1 Å². The number of carbonyl (C=O) groups is 2. The molecule has 0 radical (unpaired) electrons. The summed E-state index contributed by atoms with van der Waals surface area (Å²) >= 11 is 0. The third-order valence-corrected chi connectivity index (χ3v) is 4.02. The average molecular weight is 280 g/mol. The molecular formula is C9H16N2O6S. The Morgan fingerprint density at radius 3 is 2.56 bits per heavy atom. The van der Waals surface area contributed by atoms with Crippen molar-refractivity contribution in [1.82, 2.24) is 9.62 Å². The molecule has 0 aromatic heterocycles. The standard InChI is InChI=1S/C9H16N2O6S/c1-18(16,17)11-4-2-3-7(11)8(13)10-6(5-12)9(14)15/h6-7,12H,2-5H2,1H3,(H,10,13)(H,14,15)/t6-,7?/m1/s1. The van der Waals surface area contributed by atoms with Gasteiger partial charge in [-0.25, -0.2) is 13.2 Å². The summed E-state index contributed by atoms with van der Waals surface area (Å²) in [5, 5.41) is 19.6. The molecule has 1 saturated heterocycles. The zero-order chi connectivity index (χ0) is 13.9.